The molecule has 1 N–H and O–H groups in total. The minimum absolute atomic E-state index is 0.0801. The lowest BCUT2D eigenvalue weighted by atomic mass is 9.94. The molecule has 2 aromatic carbocycles. The summed E-state index contributed by atoms with van der Waals surface area (Å²) in [6, 6.07) is 15.7. The van der Waals surface area contributed by atoms with Crippen LogP contribution < -0.4 is 10.1 Å². The van der Waals surface area contributed by atoms with Crippen molar-refractivity contribution in [2.45, 2.75) is 25.2 Å². The molecular weight excluding hydrogens is 262 g/mol. The van der Waals surface area contributed by atoms with Gasteiger partial charge in [-0.2, -0.15) is 0 Å². The molecule has 1 saturated carbocycles. The SMILES string of the molecule is COc1ccc(C2(C(=O)Nc3ccc(C)cc3)CC2)cc1. The number of hydrogen-bond acceptors (Lipinski definition) is 2. The second kappa shape index (κ2) is 5.24. The highest BCUT2D eigenvalue weighted by Crippen LogP contribution is 2.49. The second-order valence-corrected chi connectivity index (χ2v) is 5.63. The van der Waals surface area contributed by atoms with Gasteiger partial charge < -0.3 is 10.1 Å². The maximum absolute atomic E-state index is 12.6. The summed E-state index contributed by atoms with van der Waals surface area (Å²) in [7, 11) is 1.64. The molecule has 1 amide bonds. The molecule has 3 heteroatoms. The highest BCUT2D eigenvalue weighted by atomic mass is 16.5. The fourth-order valence-corrected chi connectivity index (χ4v) is 2.57. The number of nitrogens with one attached hydrogen (secondary N) is 1. The topological polar surface area (TPSA) is 38.3 Å². The van der Waals surface area contributed by atoms with E-state index in [4.69, 9.17) is 4.74 Å². The maximum atomic E-state index is 12.6. The molecule has 21 heavy (non-hydrogen) atoms. The first-order valence-corrected chi connectivity index (χ1v) is 7.17. The molecule has 1 aliphatic rings. The van der Waals surface area contributed by atoms with Gasteiger partial charge in [-0.25, -0.2) is 0 Å². The third kappa shape index (κ3) is 2.64. The number of amides is 1. The third-order valence-corrected chi connectivity index (χ3v) is 4.14. The molecule has 0 aliphatic heterocycles. The van der Waals surface area contributed by atoms with Crippen molar-refractivity contribution in [3.05, 3.63) is 59.7 Å². The van der Waals surface area contributed by atoms with E-state index in [1.165, 1.54) is 5.56 Å². The average Bonchev–Trinajstić information content (AvgIpc) is 3.31. The Balaban J connectivity index is 1.78. The first-order chi connectivity index (χ1) is 10.1. The molecule has 0 saturated heterocycles. The lowest BCUT2D eigenvalue weighted by Crippen LogP contribution is -2.27. The molecule has 0 atom stereocenters. The molecule has 3 rings (SSSR count). The van der Waals surface area contributed by atoms with Crippen LogP contribution in [0.25, 0.3) is 0 Å². The molecule has 0 spiro atoms. The van der Waals surface area contributed by atoms with E-state index in [0.29, 0.717) is 0 Å². The highest BCUT2D eigenvalue weighted by Gasteiger charge is 2.51. The highest BCUT2D eigenvalue weighted by molar-refractivity contribution is 6.01. The Morgan fingerprint density at radius 1 is 1.05 bits per heavy atom. The summed E-state index contributed by atoms with van der Waals surface area (Å²) in [6.45, 7) is 2.03. The van der Waals surface area contributed by atoms with Gasteiger partial charge in [0.2, 0.25) is 5.91 Å². The monoisotopic (exact) mass is 281 g/mol. The number of hydrogen-bond donors (Lipinski definition) is 1. The number of benzene rings is 2. The van der Waals surface area contributed by atoms with Crippen molar-refractivity contribution in [1.82, 2.24) is 0 Å². The van der Waals surface area contributed by atoms with Gasteiger partial charge in [-0.3, -0.25) is 4.79 Å². The van der Waals surface area contributed by atoms with Crippen LogP contribution in [0.2, 0.25) is 0 Å². The van der Waals surface area contributed by atoms with Crippen LogP contribution in [0, 0.1) is 6.92 Å². The molecule has 1 fully saturated rings. The van der Waals surface area contributed by atoms with Crippen LogP contribution in [0.4, 0.5) is 5.69 Å². The summed E-state index contributed by atoms with van der Waals surface area (Å²) < 4.78 is 5.17. The normalized spacial score (nSPS) is 15.3. The molecule has 0 heterocycles. The summed E-state index contributed by atoms with van der Waals surface area (Å²) in [5.41, 5.74) is 2.74. The maximum Gasteiger partial charge on any atom is 0.235 e. The molecule has 2 aromatic rings. The molecule has 0 bridgehead atoms. The third-order valence-electron chi connectivity index (χ3n) is 4.14. The van der Waals surface area contributed by atoms with Gasteiger partial charge >= 0.3 is 0 Å². The minimum Gasteiger partial charge on any atom is -0.497 e. The second-order valence-electron chi connectivity index (χ2n) is 5.63. The largest absolute Gasteiger partial charge is 0.497 e. The Labute approximate surface area is 124 Å². The van der Waals surface area contributed by atoms with Gasteiger partial charge in [-0.05, 0) is 49.6 Å². The Bertz CT molecular complexity index is 640. The predicted molar refractivity (Wildman–Crippen MR) is 83.7 cm³/mol. The molecule has 0 aromatic heterocycles. The number of ether oxygens (including phenoxy) is 1. The standard InChI is InChI=1S/C18H19NO2/c1-13-3-7-15(8-4-13)19-17(20)18(11-12-18)14-5-9-16(21-2)10-6-14/h3-10H,11-12H2,1-2H3,(H,19,20). The van der Waals surface area contributed by atoms with E-state index < -0.39 is 0 Å². The first-order valence-electron chi connectivity index (χ1n) is 7.17. The van der Waals surface area contributed by atoms with Crippen molar-refractivity contribution >= 4 is 11.6 Å². The van der Waals surface area contributed by atoms with Crippen molar-refractivity contribution < 1.29 is 9.53 Å². The Morgan fingerprint density at radius 2 is 1.67 bits per heavy atom. The molecule has 1 aliphatic carbocycles. The van der Waals surface area contributed by atoms with Crippen LogP contribution in [-0.4, -0.2) is 13.0 Å². The van der Waals surface area contributed by atoms with E-state index in [-0.39, 0.29) is 11.3 Å². The Kier molecular flexibility index (Phi) is 3.42. The predicted octanol–water partition coefficient (Wildman–Crippen LogP) is 3.67. The van der Waals surface area contributed by atoms with Crippen LogP contribution in [-0.2, 0) is 10.2 Å². The van der Waals surface area contributed by atoms with Gasteiger partial charge in [-0.1, -0.05) is 29.8 Å². The average molecular weight is 281 g/mol. The van der Waals surface area contributed by atoms with Crippen molar-refractivity contribution in [3.8, 4) is 5.75 Å². The van der Waals surface area contributed by atoms with Crippen LogP contribution in [0.1, 0.15) is 24.0 Å². The number of anilines is 1. The summed E-state index contributed by atoms with van der Waals surface area (Å²) in [5, 5.41) is 3.03. The fraction of sp³-hybridized carbons (Fsp3) is 0.278. The lowest BCUT2D eigenvalue weighted by molar-refractivity contribution is -0.118. The number of carbonyl (C=O) groups excluding carboxylic acids is 1. The number of aryl methyl sites for hydroxylation is 1. The minimum atomic E-state index is -0.364. The molecular formula is C18H19NO2. The van der Waals surface area contributed by atoms with Gasteiger partial charge in [0, 0.05) is 5.69 Å². The van der Waals surface area contributed by atoms with Crippen LogP contribution >= 0.6 is 0 Å². The first kappa shape index (κ1) is 13.7. The zero-order valence-corrected chi connectivity index (χ0v) is 12.3. The van der Waals surface area contributed by atoms with E-state index in [1.807, 2.05) is 55.5 Å². The lowest BCUT2D eigenvalue weighted by Gasteiger charge is -2.16. The van der Waals surface area contributed by atoms with E-state index in [1.54, 1.807) is 7.11 Å². The van der Waals surface area contributed by atoms with Crippen molar-refractivity contribution in [2.24, 2.45) is 0 Å². The molecule has 3 nitrogen and oxygen atoms in total. The molecule has 0 unspecified atom stereocenters. The van der Waals surface area contributed by atoms with E-state index in [2.05, 4.69) is 5.32 Å². The van der Waals surface area contributed by atoms with E-state index in [9.17, 15) is 4.79 Å². The van der Waals surface area contributed by atoms with Gasteiger partial charge in [0.15, 0.2) is 0 Å². The van der Waals surface area contributed by atoms with Crippen LogP contribution in [0.5, 0.6) is 5.75 Å². The summed E-state index contributed by atoms with van der Waals surface area (Å²) in [6.07, 6.45) is 1.80. The van der Waals surface area contributed by atoms with Gasteiger partial charge in [-0.15, -0.1) is 0 Å². The Hall–Kier alpha value is -2.29. The fourth-order valence-electron chi connectivity index (χ4n) is 2.57. The van der Waals surface area contributed by atoms with Gasteiger partial charge in [0.25, 0.3) is 0 Å². The van der Waals surface area contributed by atoms with Crippen LogP contribution in [0.15, 0.2) is 48.5 Å². The van der Waals surface area contributed by atoms with Crippen molar-refractivity contribution in [1.29, 1.82) is 0 Å². The summed E-state index contributed by atoms with van der Waals surface area (Å²) in [4.78, 5) is 12.6. The zero-order valence-electron chi connectivity index (χ0n) is 12.3. The van der Waals surface area contributed by atoms with Crippen molar-refractivity contribution in [3.63, 3.8) is 0 Å². The summed E-state index contributed by atoms with van der Waals surface area (Å²) >= 11 is 0. The van der Waals surface area contributed by atoms with E-state index >= 15 is 0 Å². The summed E-state index contributed by atoms with van der Waals surface area (Å²) in [5.74, 6) is 0.894. The van der Waals surface area contributed by atoms with Gasteiger partial charge in [0.05, 0.1) is 12.5 Å². The molecule has 0 radical (unpaired) electrons. The zero-order chi connectivity index (χ0) is 14.9. The van der Waals surface area contributed by atoms with E-state index in [0.717, 1.165) is 29.8 Å². The number of methoxy groups -OCH3 is 1. The van der Waals surface area contributed by atoms with Crippen LogP contribution in [0.3, 0.4) is 0 Å². The number of carbonyl (C=O) groups is 1. The molecule has 108 valence electrons. The smallest absolute Gasteiger partial charge is 0.235 e. The number of rotatable bonds is 4. The van der Waals surface area contributed by atoms with Crippen molar-refractivity contribution in [2.75, 3.05) is 12.4 Å². The van der Waals surface area contributed by atoms with Gasteiger partial charge in [0.1, 0.15) is 5.75 Å². The quantitative estimate of drug-likeness (QED) is 0.928. The Morgan fingerprint density at radius 3 is 2.19 bits per heavy atom.